The first-order chi connectivity index (χ1) is 16.6. The van der Waals surface area contributed by atoms with E-state index in [4.69, 9.17) is 21.3 Å². The van der Waals surface area contributed by atoms with Crippen molar-refractivity contribution in [3.8, 4) is 5.75 Å². The lowest BCUT2D eigenvalue weighted by Gasteiger charge is -2.11. The van der Waals surface area contributed by atoms with Crippen molar-refractivity contribution in [3.05, 3.63) is 89.0 Å². The highest BCUT2D eigenvalue weighted by Crippen LogP contribution is 2.22. The number of pyridine rings is 1. The first-order valence-electron chi connectivity index (χ1n) is 11.6. The zero-order chi connectivity index (χ0) is 23.8. The number of unbranched alkanes of at least 4 members (excludes halogenated alkanes) is 1. The number of carbonyl (C=O) groups excluding carboxylic acids is 1. The van der Waals surface area contributed by atoms with E-state index in [1.165, 1.54) is 0 Å². The van der Waals surface area contributed by atoms with Crippen LogP contribution in [0.4, 0.5) is 0 Å². The molecule has 0 aliphatic carbocycles. The van der Waals surface area contributed by atoms with E-state index in [2.05, 4.69) is 20.9 Å². The van der Waals surface area contributed by atoms with E-state index >= 15 is 0 Å². The van der Waals surface area contributed by atoms with Crippen molar-refractivity contribution in [1.29, 1.82) is 0 Å². The third-order valence-corrected chi connectivity index (χ3v) is 6.12. The van der Waals surface area contributed by atoms with Gasteiger partial charge >= 0.3 is 0 Å². The lowest BCUT2D eigenvalue weighted by atomic mass is 10.2. The Morgan fingerprint density at radius 3 is 2.79 bits per heavy atom. The van der Waals surface area contributed by atoms with Gasteiger partial charge in [0.1, 0.15) is 11.6 Å². The molecular formula is C27H29ClN4O2. The maximum absolute atomic E-state index is 12.2. The standard InChI is InChI=1S/C27H29ClN4O2/c1-20-18-22(12-13-23(20)28)34-17-5-4-16-32-25-10-3-2-9-24(25)31-26(32)11-7-15-30-27(33)21-8-6-14-29-19-21/h2-3,6,8-10,12-14,18-19H,4-5,7,11,15-17H2,1H3,(H,30,33). The number of para-hydroxylation sites is 2. The molecular weight excluding hydrogens is 448 g/mol. The van der Waals surface area contributed by atoms with E-state index in [-0.39, 0.29) is 5.91 Å². The number of hydrogen-bond donors (Lipinski definition) is 1. The minimum atomic E-state index is -0.0996. The predicted octanol–water partition coefficient (Wildman–Crippen LogP) is 5.61. The number of imidazole rings is 1. The molecule has 0 fully saturated rings. The number of fused-ring (bicyclic) bond motifs is 1. The largest absolute Gasteiger partial charge is 0.494 e. The lowest BCUT2D eigenvalue weighted by Crippen LogP contribution is -2.25. The van der Waals surface area contributed by atoms with Gasteiger partial charge in [-0.25, -0.2) is 4.98 Å². The fraction of sp³-hybridized carbons (Fsp3) is 0.296. The number of carbonyl (C=O) groups is 1. The summed E-state index contributed by atoms with van der Waals surface area (Å²) in [4.78, 5) is 21.1. The molecule has 0 aliphatic heterocycles. The number of halogens is 1. The van der Waals surface area contributed by atoms with Crippen LogP contribution in [0.15, 0.2) is 67.0 Å². The molecule has 6 nitrogen and oxygen atoms in total. The number of nitrogens with one attached hydrogen (secondary N) is 1. The van der Waals surface area contributed by atoms with Gasteiger partial charge in [-0.1, -0.05) is 23.7 Å². The molecule has 4 rings (SSSR count). The van der Waals surface area contributed by atoms with E-state index in [9.17, 15) is 4.79 Å². The number of nitrogens with zero attached hydrogens (tertiary/aromatic N) is 3. The molecule has 4 aromatic rings. The summed E-state index contributed by atoms with van der Waals surface area (Å²) in [6, 6.07) is 17.5. The van der Waals surface area contributed by atoms with Crippen LogP contribution in [-0.2, 0) is 13.0 Å². The van der Waals surface area contributed by atoms with Crippen molar-refractivity contribution >= 4 is 28.5 Å². The Morgan fingerprint density at radius 1 is 1.09 bits per heavy atom. The molecule has 7 heteroatoms. The van der Waals surface area contributed by atoms with Gasteiger partial charge in [0.25, 0.3) is 5.91 Å². The summed E-state index contributed by atoms with van der Waals surface area (Å²) in [7, 11) is 0. The molecule has 0 unspecified atom stereocenters. The maximum atomic E-state index is 12.2. The van der Waals surface area contributed by atoms with Gasteiger partial charge in [0.2, 0.25) is 0 Å². The van der Waals surface area contributed by atoms with Gasteiger partial charge in [0.05, 0.1) is 23.2 Å². The smallest absolute Gasteiger partial charge is 0.252 e. The Hall–Kier alpha value is -3.38. The second-order valence-electron chi connectivity index (χ2n) is 8.24. The third kappa shape index (κ3) is 6.14. The molecule has 0 saturated carbocycles. The number of benzene rings is 2. The van der Waals surface area contributed by atoms with Crippen molar-refractivity contribution in [1.82, 2.24) is 19.9 Å². The van der Waals surface area contributed by atoms with Gasteiger partial charge in [0, 0.05) is 36.9 Å². The molecule has 2 aromatic carbocycles. The van der Waals surface area contributed by atoms with Crippen LogP contribution in [0, 0.1) is 6.92 Å². The number of ether oxygens (including phenoxy) is 1. The van der Waals surface area contributed by atoms with Crippen LogP contribution >= 0.6 is 11.6 Å². The molecule has 1 amide bonds. The summed E-state index contributed by atoms with van der Waals surface area (Å²) in [5, 5.41) is 3.72. The van der Waals surface area contributed by atoms with Gasteiger partial charge < -0.3 is 14.6 Å². The number of rotatable bonds is 11. The van der Waals surface area contributed by atoms with Crippen LogP contribution in [0.25, 0.3) is 11.0 Å². The summed E-state index contributed by atoms with van der Waals surface area (Å²) in [5.41, 5.74) is 3.74. The van der Waals surface area contributed by atoms with Gasteiger partial charge in [0.15, 0.2) is 0 Å². The average Bonchev–Trinajstić information content (AvgIpc) is 3.21. The highest BCUT2D eigenvalue weighted by Gasteiger charge is 2.11. The van der Waals surface area contributed by atoms with E-state index in [1.807, 2.05) is 43.3 Å². The Labute approximate surface area is 204 Å². The van der Waals surface area contributed by atoms with Gasteiger partial charge in [-0.2, -0.15) is 0 Å². The normalized spacial score (nSPS) is 11.0. The topological polar surface area (TPSA) is 69.0 Å². The van der Waals surface area contributed by atoms with Crippen LogP contribution in [0.3, 0.4) is 0 Å². The van der Waals surface area contributed by atoms with Crippen LogP contribution in [-0.4, -0.2) is 33.6 Å². The van der Waals surface area contributed by atoms with Crippen LogP contribution < -0.4 is 10.1 Å². The number of aryl methyl sites for hydroxylation is 3. The molecule has 2 heterocycles. The summed E-state index contributed by atoms with van der Waals surface area (Å²) in [5.74, 6) is 1.80. The van der Waals surface area contributed by atoms with Crippen molar-refractivity contribution in [2.75, 3.05) is 13.2 Å². The van der Waals surface area contributed by atoms with Gasteiger partial charge in [-0.15, -0.1) is 0 Å². The molecule has 0 atom stereocenters. The van der Waals surface area contributed by atoms with E-state index in [0.717, 1.165) is 65.4 Å². The lowest BCUT2D eigenvalue weighted by molar-refractivity contribution is 0.0952. The van der Waals surface area contributed by atoms with Crippen molar-refractivity contribution < 1.29 is 9.53 Å². The van der Waals surface area contributed by atoms with Crippen molar-refractivity contribution in [2.24, 2.45) is 0 Å². The molecule has 0 radical (unpaired) electrons. The number of amides is 1. The quantitative estimate of drug-likeness (QED) is 0.285. The zero-order valence-corrected chi connectivity index (χ0v) is 20.1. The first kappa shape index (κ1) is 23.8. The van der Waals surface area contributed by atoms with Gasteiger partial charge in [-0.05, 0) is 74.2 Å². The minimum absolute atomic E-state index is 0.0996. The Bertz CT molecular complexity index is 1240. The van der Waals surface area contributed by atoms with Crippen LogP contribution in [0.1, 0.15) is 41.0 Å². The summed E-state index contributed by atoms with van der Waals surface area (Å²) < 4.78 is 8.19. The highest BCUT2D eigenvalue weighted by molar-refractivity contribution is 6.31. The van der Waals surface area contributed by atoms with Crippen molar-refractivity contribution in [2.45, 2.75) is 39.2 Å². The maximum Gasteiger partial charge on any atom is 0.252 e. The third-order valence-electron chi connectivity index (χ3n) is 5.69. The Kier molecular flexibility index (Phi) is 8.15. The minimum Gasteiger partial charge on any atom is -0.494 e. The number of aromatic nitrogens is 3. The summed E-state index contributed by atoms with van der Waals surface area (Å²) >= 11 is 6.09. The van der Waals surface area contributed by atoms with Crippen molar-refractivity contribution in [3.63, 3.8) is 0 Å². The fourth-order valence-corrected chi connectivity index (χ4v) is 4.00. The van der Waals surface area contributed by atoms with Gasteiger partial charge in [-0.3, -0.25) is 9.78 Å². The molecule has 1 N–H and O–H groups in total. The first-order valence-corrected chi connectivity index (χ1v) is 12.0. The van der Waals surface area contributed by atoms with Crippen LogP contribution in [0.5, 0.6) is 5.75 Å². The summed E-state index contributed by atoms with van der Waals surface area (Å²) in [6.07, 6.45) is 6.77. The molecule has 34 heavy (non-hydrogen) atoms. The zero-order valence-electron chi connectivity index (χ0n) is 19.3. The molecule has 0 aliphatic rings. The SMILES string of the molecule is Cc1cc(OCCCCn2c(CCCNC(=O)c3cccnc3)nc3ccccc32)ccc1Cl. The average molecular weight is 477 g/mol. The highest BCUT2D eigenvalue weighted by atomic mass is 35.5. The van der Waals surface area contributed by atoms with E-state index in [1.54, 1.807) is 24.5 Å². The van der Waals surface area contributed by atoms with E-state index < -0.39 is 0 Å². The Morgan fingerprint density at radius 2 is 1.97 bits per heavy atom. The van der Waals surface area contributed by atoms with Crippen LogP contribution in [0.2, 0.25) is 5.02 Å². The molecule has 0 saturated heterocycles. The molecule has 176 valence electrons. The molecule has 2 aromatic heterocycles. The number of hydrogen-bond acceptors (Lipinski definition) is 4. The second kappa shape index (κ2) is 11.7. The monoisotopic (exact) mass is 476 g/mol. The fourth-order valence-electron chi connectivity index (χ4n) is 3.88. The predicted molar refractivity (Wildman–Crippen MR) is 136 cm³/mol. The Balaban J connectivity index is 1.29. The second-order valence-corrected chi connectivity index (χ2v) is 8.64. The molecule has 0 spiro atoms. The molecule has 0 bridgehead atoms. The summed E-state index contributed by atoms with van der Waals surface area (Å²) in [6.45, 7) is 4.10. The van der Waals surface area contributed by atoms with E-state index in [0.29, 0.717) is 18.7 Å².